The first kappa shape index (κ1) is 14.3. The molecule has 0 fully saturated rings. The van der Waals surface area contributed by atoms with E-state index in [2.05, 4.69) is 0 Å². The minimum atomic E-state index is -0.584. The molecule has 2 aromatic rings. The largest absolute Gasteiger partial charge is 0.508 e. The summed E-state index contributed by atoms with van der Waals surface area (Å²) < 4.78 is 0. The van der Waals surface area contributed by atoms with Gasteiger partial charge in [0.25, 0.3) is 0 Å². The number of carbonyl (C=O) groups excluding carboxylic acids is 1. The lowest BCUT2D eigenvalue weighted by Gasteiger charge is -2.04. The molecule has 0 saturated heterocycles. The maximum Gasteiger partial charge on any atom is 0.189 e. The molecule has 0 bridgehead atoms. The van der Waals surface area contributed by atoms with Crippen molar-refractivity contribution in [2.45, 2.75) is 0 Å². The van der Waals surface area contributed by atoms with E-state index in [0.29, 0.717) is 0 Å². The second-order valence-corrected chi connectivity index (χ2v) is 4.30. The number of phenolic OH excluding ortho intramolecular Hbond substituents is 5. The Bertz CT molecular complexity index is 710. The van der Waals surface area contributed by atoms with Gasteiger partial charge < -0.3 is 25.5 Å². The molecule has 0 amide bonds. The highest BCUT2D eigenvalue weighted by molar-refractivity contribution is 6.08. The van der Waals surface area contributed by atoms with Gasteiger partial charge in [-0.1, -0.05) is 0 Å². The SMILES string of the molecule is O=C(/C=C/c1c(O)cc(O)cc1O)c1ccc(O)cc1O. The van der Waals surface area contributed by atoms with Crippen LogP contribution in [-0.2, 0) is 0 Å². The van der Waals surface area contributed by atoms with Crippen molar-refractivity contribution in [1.82, 2.24) is 0 Å². The fraction of sp³-hybridized carbons (Fsp3) is 0. The summed E-state index contributed by atoms with van der Waals surface area (Å²) in [5.41, 5.74) is -0.0822. The van der Waals surface area contributed by atoms with Crippen LogP contribution in [0.5, 0.6) is 28.7 Å². The summed E-state index contributed by atoms with van der Waals surface area (Å²) in [4.78, 5) is 11.9. The van der Waals surface area contributed by atoms with Crippen LogP contribution in [-0.4, -0.2) is 31.3 Å². The summed E-state index contributed by atoms with van der Waals surface area (Å²) in [6.45, 7) is 0. The van der Waals surface area contributed by atoms with Crippen LogP contribution in [0.1, 0.15) is 15.9 Å². The van der Waals surface area contributed by atoms with Gasteiger partial charge in [-0.05, 0) is 24.3 Å². The topological polar surface area (TPSA) is 118 Å². The maximum absolute atomic E-state index is 11.9. The first-order valence-corrected chi connectivity index (χ1v) is 5.88. The average molecular weight is 288 g/mol. The molecule has 0 aliphatic heterocycles. The second kappa shape index (κ2) is 5.46. The molecular weight excluding hydrogens is 276 g/mol. The van der Waals surface area contributed by atoms with E-state index in [9.17, 15) is 20.1 Å². The summed E-state index contributed by atoms with van der Waals surface area (Å²) in [7, 11) is 0. The molecule has 0 heterocycles. The Morgan fingerprint density at radius 1 is 0.810 bits per heavy atom. The summed E-state index contributed by atoms with van der Waals surface area (Å²) in [5.74, 6) is -2.26. The van der Waals surface area contributed by atoms with E-state index in [1.165, 1.54) is 12.1 Å². The van der Waals surface area contributed by atoms with Crippen molar-refractivity contribution in [3.05, 3.63) is 47.5 Å². The predicted molar refractivity (Wildman–Crippen MR) is 74.6 cm³/mol. The van der Waals surface area contributed by atoms with Crippen molar-refractivity contribution in [3.63, 3.8) is 0 Å². The van der Waals surface area contributed by atoms with Crippen molar-refractivity contribution in [2.75, 3.05) is 0 Å². The zero-order valence-corrected chi connectivity index (χ0v) is 10.7. The number of allylic oxidation sites excluding steroid dienone is 1. The number of phenols is 5. The van der Waals surface area contributed by atoms with E-state index in [0.717, 1.165) is 30.4 Å². The summed E-state index contributed by atoms with van der Waals surface area (Å²) >= 11 is 0. The maximum atomic E-state index is 11.9. The molecule has 0 aliphatic rings. The Morgan fingerprint density at radius 2 is 1.38 bits per heavy atom. The third-order valence-electron chi connectivity index (χ3n) is 2.77. The van der Waals surface area contributed by atoms with E-state index in [1.807, 2.05) is 0 Å². The number of hydrogen-bond donors (Lipinski definition) is 5. The van der Waals surface area contributed by atoms with Crippen molar-refractivity contribution in [1.29, 1.82) is 0 Å². The molecule has 0 saturated carbocycles. The standard InChI is InChI=1S/C15H12O6/c16-8-1-2-10(13(19)5-8)12(18)4-3-11-14(20)6-9(17)7-15(11)21/h1-7,16-17,19-21H/b4-3+. The predicted octanol–water partition coefficient (Wildman–Crippen LogP) is 2.11. The van der Waals surface area contributed by atoms with E-state index >= 15 is 0 Å². The Labute approximate surface area is 119 Å². The molecule has 0 aliphatic carbocycles. The molecule has 2 rings (SSSR count). The van der Waals surface area contributed by atoms with Crippen LogP contribution in [0.25, 0.3) is 6.08 Å². The van der Waals surface area contributed by atoms with Crippen LogP contribution < -0.4 is 0 Å². The number of hydrogen-bond acceptors (Lipinski definition) is 6. The van der Waals surface area contributed by atoms with Crippen LogP contribution >= 0.6 is 0 Å². The minimum absolute atomic E-state index is 0.0400. The van der Waals surface area contributed by atoms with E-state index in [1.54, 1.807) is 0 Å². The average Bonchev–Trinajstić information content (AvgIpc) is 2.36. The zero-order chi connectivity index (χ0) is 15.6. The Balaban J connectivity index is 2.31. The first-order valence-electron chi connectivity index (χ1n) is 5.88. The fourth-order valence-electron chi connectivity index (χ4n) is 1.76. The molecule has 2 aromatic carbocycles. The Kier molecular flexibility index (Phi) is 3.71. The molecule has 0 radical (unpaired) electrons. The van der Waals surface area contributed by atoms with Crippen molar-refractivity contribution < 1.29 is 30.3 Å². The number of ketones is 1. The third kappa shape index (κ3) is 3.06. The molecule has 0 unspecified atom stereocenters. The van der Waals surface area contributed by atoms with Gasteiger partial charge >= 0.3 is 0 Å². The summed E-state index contributed by atoms with van der Waals surface area (Å²) in [6, 6.07) is 5.55. The van der Waals surface area contributed by atoms with Gasteiger partial charge in [0.2, 0.25) is 0 Å². The van der Waals surface area contributed by atoms with Gasteiger partial charge in [-0.2, -0.15) is 0 Å². The summed E-state index contributed by atoms with van der Waals surface area (Å²) in [6.07, 6.45) is 2.19. The van der Waals surface area contributed by atoms with Gasteiger partial charge in [0, 0.05) is 18.2 Å². The molecule has 108 valence electrons. The van der Waals surface area contributed by atoms with Gasteiger partial charge in [-0.3, -0.25) is 4.79 Å². The van der Waals surface area contributed by atoms with Crippen molar-refractivity contribution in [2.24, 2.45) is 0 Å². The smallest absolute Gasteiger partial charge is 0.189 e. The van der Waals surface area contributed by atoms with E-state index < -0.39 is 17.3 Å². The molecule has 0 aromatic heterocycles. The number of benzene rings is 2. The number of rotatable bonds is 3. The van der Waals surface area contributed by atoms with Gasteiger partial charge in [-0.25, -0.2) is 0 Å². The van der Waals surface area contributed by atoms with Gasteiger partial charge in [0.05, 0.1) is 11.1 Å². The summed E-state index contributed by atoms with van der Waals surface area (Å²) in [5, 5.41) is 47.0. The monoisotopic (exact) mass is 288 g/mol. The van der Waals surface area contributed by atoms with Crippen LogP contribution in [0.4, 0.5) is 0 Å². The van der Waals surface area contributed by atoms with Crippen LogP contribution in [0.3, 0.4) is 0 Å². The minimum Gasteiger partial charge on any atom is -0.508 e. The Hall–Kier alpha value is -3.15. The second-order valence-electron chi connectivity index (χ2n) is 4.30. The fourth-order valence-corrected chi connectivity index (χ4v) is 1.76. The highest BCUT2D eigenvalue weighted by Gasteiger charge is 2.11. The molecule has 0 spiro atoms. The molecule has 5 N–H and O–H groups in total. The van der Waals surface area contributed by atoms with Gasteiger partial charge in [0.15, 0.2) is 5.78 Å². The van der Waals surface area contributed by atoms with E-state index in [-0.39, 0.29) is 28.4 Å². The van der Waals surface area contributed by atoms with Gasteiger partial charge in [-0.15, -0.1) is 0 Å². The first-order chi connectivity index (χ1) is 9.88. The lowest BCUT2D eigenvalue weighted by Crippen LogP contribution is -1.94. The molecular formula is C15H12O6. The zero-order valence-electron chi connectivity index (χ0n) is 10.7. The molecule has 6 nitrogen and oxygen atoms in total. The molecule has 21 heavy (non-hydrogen) atoms. The van der Waals surface area contributed by atoms with Crippen molar-refractivity contribution in [3.8, 4) is 28.7 Å². The highest BCUT2D eigenvalue weighted by Crippen LogP contribution is 2.33. The van der Waals surface area contributed by atoms with Gasteiger partial charge in [0.1, 0.15) is 28.7 Å². The Morgan fingerprint density at radius 3 is 1.95 bits per heavy atom. The van der Waals surface area contributed by atoms with Crippen molar-refractivity contribution >= 4 is 11.9 Å². The molecule has 6 heteroatoms. The van der Waals surface area contributed by atoms with Crippen LogP contribution in [0.15, 0.2) is 36.4 Å². The van der Waals surface area contributed by atoms with Crippen LogP contribution in [0, 0.1) is 0 Å². The third-order valence-corrected chi connectivity index (χ3v) is 2.77. The lowest BCUT2D eigenvalue weighted by molar-refractivity contribution is 0.104. The highest BCUT2D eigenvalue weighted by atomic mass is 16.3. The molecule has 0 atom stereocenters. The van der Waals surface area contributed by atoms with E-state index in [4.69, 9.17) is 10.2 Å². The normalized spacial score (nSPS) is 10.9. The number of carbonyl (C=O) groups is 1. The lowest BCUT2D eigenvalue weighted by atomic mass is 10.1. The quantitative estimate of drug-likeness (QED) is 0.436. The van der Waals surface area contributed by atoms with Crippen LogP contribution in [0.2, 0.25) is 0 Å². The number of aromatic hydroxyl groups is 5.